The van der Waals surface area contributed by atoms with Gasteiger partial charge >= 0.3 is 5.97 Å². The Labute approximate surface area is 342 Å². The van der Waals surface area contributed by atoms with Gasteiger partial charge in [0.2, 0.25) is 5.75 Å². The lowest BCUT2D eigenvalue weighted by Crippen LogP contribution is -2.62. The number of carbonyl (C=O) groups is 1. The van der Waals surface area contributed by atoms with Crippen molar-refractivity contribution in [2.75, 3.05) is 27.2 Å². The van der Waals surface area contributed by atoms with Crippen LogP contribution in [-0.4, -0.2) is 93.8 Å². The van der Waals surface area contributed by atoms with Crippen LogP contribution in [0.2, 0.25) is 0 Å². The smallest absolute Gasteiger partial charge is 0.302 e. The van der Waals surface area contributed by atoms with Crippen LogP contribution in [0.25, 0.3) is 0 Å². The summed E-state index contributed by atoms with van der Waals surface area (Å²) < 4.78 is 25.9. The average Bonchev–Trinajstić information content (AvgIpc) is 3.20. The largest absolute Gasteiger partial charge is 0.504 e. The van der Waals surface area contributed by atoms with Crippen LogP contribution in [0.5, 0.6) is 28.7 Å². The molecule has 57 heavy (non-hydrogen) atoms. The van der Waals surface area contributed by atoms with Crippen LogP contribution in [0, 0.1) is 11.8 Å². The fourth-order valence-corrected chi connectivity index (χ4v) is 13.1. The Kier molecular flexibility index (Phi) is 13.2. The van der Waals surface area contributed by atoms with Gasteiger partial charge in [0.15, 0.2) is 29.0 Å². The fraction of sp³-hybridized carbons (Fsp3) is 0.548. The molecule has 1 aromatic heterocycles. The van der Waals surface area contributed by atoms with Crippen LogP contribution < -0.4 is 25.8 Å². The number of esters is 1. The van der Waals surface area contributed by atoms with Crippen molar-refractivity contribution in [1.82, 2.24) is 15.6 Å². The van der Waals surface area contributed by atoms with Gasteiger partial charge in [-0.15, -0.1) is 0 Å². The van der Waals surface area contributed by atoms with Gasteiger partial charge in [-0.2, -0.15) is 0 Å². The van der Waals surface area contributed by atoms with E-state index in [4.69, 9.17) is 24.7 Å². The van der Waals surface area contributed by atoms with Crippen LogP contribution in [0.15, 0.2) is 59.9 Å². The maximum Gasteiger partial charge on any atom is 0.302 e. The highest BCUT2D eigenvalue weighted by atomic mass is 33.1. The number of phenols is 3. The van der Waals surface area contributed by atoms with Gasteiger partial charge in [0.05, 0.1) is 29.6 Å². The third kappa shape index (κ3) is 9.48. The topological polar surface area (TPSA) is 190 Å². The summed E-state index contributed by atoms with van der Waals surface area (Å²) in [6.45, 7) is 2.42. The summed E-state index contributed by atoms with van der Waals surface area (Å²) in [5, 5.41) is 40.1. The number of aromatic nitrogens is 1. The SMILES string of the molecule is CN=C(N)N[C@@]12CCC[C@@H](C1)Oc1cc(ccc1O)C[C@H]1[C@H]3O[C@H](c4cc(O)c(O)c(OCCc5cccnc5)c4)C[C@@H](OC(C)=O)[C@@H]3CC[C@@H]1SS[C@@H]2CNC. The molecule has 7 N–H and O–H groups in total. The predicted octanol–water partition coefficient (Wildman–Crippen LogP) is 5.80. The lowest BCUT2D eigenvalue weighted by Gasteiger charge is -2.50. The second kappa shape index (κ2) is 18.3. The van der Waals surface area contributed by atoms with Crippen molar-refractivity contribution in [3.05, 3.63) is 71.5 Å². The molecule has 15 heteroatoms. The van der Waals surface area contributed by atoms with Gasteiger partial charge in [-0.1, -0.05) is 33.7 Å². The first-order valence-electron chi connectivity index (χ1n) is 19.9. The molecule has 2 aliphatic heterocycles. The number of hydrogen-bond acceptors (Lipinski definition) is 13. The average molecular weight is 822 g/mol. The summed E-state index contributed by atoms with van der Waals surface area (Å²) in [6, 6.07) is 12.7. The van der Waals surface area contributed by atoms with Crippen molar-refractivity contribution in [3.8, 4) is 28.7 Å². The van der Waals surface area contributed by atoms with E-state index in [-0.39, 0.29) is 70.1 Å². The minimum absolute atomic E-state index is 0.0260. The molecule has 4 bridgehead atoms. The summed E-state index contributed by atoms with van der Waals surface area (Å²) in [5.41, 5.74) is 8.59. The molecule has 2 aromatic carbocycles. The maximum absolute atomic E-state index is 12.6. The molecule has 3 aromatic rings. The zero-order chi connectivity index (χ0) is 40.1. The molecule has 13 nitrogen and oxygen atoms in total. The van der Waals surface area contributed by atoms with E-state index in [0.29, 0.717) is 43.0 Å². The number of guanidine groups is 1. The Morgan fingerprint density at radius 1 is 1.11 bits per heavy atom. The molecule has 308 valence electrons. The highest BCUT2D eigenvalue weighted by Crippen LogP contribution is 2.54. The van der Waals surface area contributed by atoms with E-state index in [0.717, 1.165) is 49.8 Å². The zero-order valence-electron chi connectivity index (χ0n) is 32.8. The number of nitrogens with zero attached hydrogens (tertiary/aromatic N) is 2. The van der Waals surface area contributed by atoms with Crippen molar-refractivity contribution < 1.29 is 39.1 Å². The van der Waals surface area contributed by atoms with Crippen molar-refractivity contribution in [1.29, 1.82) is 0 Å². The molecule has 2 aliphatic carbocycles. The van der Waals surface area contributed by atoms with E-state index in [1.165, 1.54) is 13.0 Å². The monoisotopic (exact) mass is 821 g/mol. The van der Waals surface area contributed by atoms with Gasteiger partial charge in [0.1, 0.15) is 12.2 Å². The van der Waals surface area contributed by atoms with Gasteiger partial charge in [-0.25, -0.2) is 0 Å². The lowest BCUT2D eigenvalue weighted by atomic mass is 9.70. The number of nitrogens with two attached hydrogens (primary N) is 1. The second-order valence-electron chi connectivity index (χ2n) is 15.7. The number of carbonyl (C=O) groups excluding carboxylic acids is 1. The molecule has 7 rings (SSSR count). The lowest BCUT2D eigenvalue weighted by molar-refractivity contribution is -0.191. The number of aromatic hydroxyl groups is 3. The Morgan fingerprint density at radius 2 is 1.96 bits per heavy atom. The number of nitrogens with one attached hydrogen (secondary N) is 2. The third-order valence-corrected chi connectivity index (χ3v) is 15.5. The summed E-state index contributed by atoms with van der Waals surface area (Å²) in [7, 11) is 7.40. The zero-order valence-corrected chi connectivity index (χ0v) is 34.4. The van der Waals surface area contributed by atoms with Crippen LogP contribution >= 0.6 is 21.6 Å². The number of rotatable bonds is 9. The van der Waals surface area contributed by atoms with Gasteiger partial charge in [0.25, 0.3) is 0 Å². The standard InChI is InChI=1S/C42H55N5O8S2/c1-24(48)53-34-20-33(27-18-32(50)39(51)36(19-27)52-15-12-25-6-5-14-46-22-25)55-40-29(34)9-11-37-30(40)16-26-8-10-31(49)35(17-26)54-28-7-4-13-42(21-28,47-41(43)45-3)38(23-44-2)57-56-37/h5-6,8,10,14,17-19,22,28-30,33-34,37-38,40,44,49-51H,4,7,9,11-13,15-16,20-21,23H2,1-3H3,(H3,43,45,47)/t28-,29-,30+,33-,34+,37-,38+,40-,42-/m0/s1. The van der Waals surface area contributed by atoms with Crippen molar-refractivity contribution in [2.24, 2.45) is 22.6 Å². The molecule has 0 unspecified atom stereocenters. The molecule has 3 heterocycles. The summed E-state index contributed by atoms with van der Waals surface area (Å²) >= 11 is 0. The third-order valence-electron chi connectivity index (χ3n) is 11.9. The van der Waals surface area contributed by atoms with E-state index in [1.807, 2.05) is 52.9 Å². The van der Waals surface area contributed by atoms with Gasteiger partial charge in [-0.05, 0) is 92.6 Å². The minimum Gasteiger partial charge on any atom is -0.504 e. The maximum atomic E-state index is 12.6. The van der Waals surface area contributed by atoms with E-state index in [2.05, 4.69) is 20.6 Å². The predicted molar refractivity (Wildman–Crippen MR) is 222 cm³/mol. The van der Waals surface area contributed by atoms with Crippen LogP contribution in [0.3, 0.4) is 0 Å². The normalized spacial score (nSPS) is 30.2. The highest BCUT2D eigenvalue weighted by molar-refractivity contribution is 8.77. The first-order chi connectivity index (χ1) is 27.6. The first-order valence-corrected chi connectivity index (χ1v) is 22.2. The molecule has 0 amide bonds. The summed E-state index contributed by atoms with van der Waals surface area (Å²) in [6.07, 6.45) is 8.63. The molecule has 4 aliphatic rings. The summed E-state index contributed by atoms with van der Waals surface area (Å²) in [4.78, 5) is 21.1. The molecular weight excluding hydrogens is 767 g/mol. The number of phenolic OH excluding ortho intramolecular Hbond substituents is 3. The number of benzene rings is 2. The Bertz CT molecular complexity index is 1890. The molecule has 1 saturated heterocycles. The molecule has 3 fully saturated rings. The van der Waals surface area contributed by atoms with Gasteiger partial charge in [-0.3, -0.25) is 14.8 Å². The minimum atomic E-state index is -0.567. The van der Waals surface area contributed by atoms with E-state index in [9.17, 15) is 20.1 Å². The molecule has 0 spiro atoms. The van der Waals surface area contributed by atoms with Crippen molar-refractivity contribution >= 4 is 33.5 Å². The van der Waals surface area contributed by atoms with E-state index in [1.54, 1.807) is 31.6 Å². The van der Waals surface area contributed by atoms with Crippen molar-refractivity contribution in [2.45, 2.75) is 105 Å². The van der Waals surface area contributed by atoms with E-state index < -0.39 is 17.7 Å². The Hall–Kier alpha value is -4.05. The molecule has 2 saturated carbocycles. The van der Waals surface area contributed by atoms with Crippen LogP contribution in [-0.2, 0) is 27.1 Å². The number of hydrogen-bond donors (Lipinski definition) is 6. The quantitative estimate of drug-likeness (QED) is 0.0500. The molecule has 0 radical (unpaired) electrons. The number of ether oxygens (including phenoxy) is 4. The Balaban J connectivity index is 1.23. The van der Waals surface area contributed by atoms with E-state index >= 15 is 0 Å². The first kappa shape index (κ1) is 41.1. The number of pyridine rings is 1. The fourth-order valence-electron chi connectivity index (χ4n) is 9.19. The Morgan fingerprint density at radius 3 is 2.74 bits per heavy atom. The van der Waals surface area contributed by atoms with Gasteiger partial charge in [0, 0.05) is 69.3 Å². The van der Waals surface area contributed by atoms with Crippen LogP contribution in [0.4, 0.5) is 0 Å². The molecular formula is C42H55N5O8S2. The van der Waals surface area contributed by atoms with Crippen LogP contribution in [0.1, 0.15) is 74.7 Å². The van der Waals surface area contributed by atoms with Crippen molar-refractivity contribution in [3.63, 3.8) is 0 Å². The number of fused-ring (bicyclic) bond motifs is 7. The van der Waals surface area contributed by atoms with Gasteiger partial charge < -0.3 is 50.6 Å². The highest BCUT2D eigenvalue weighted by Gasteiger charge is 2.51. The second-order valence-corrected chi connectivity index (χ2v) is 18.4. The molecule has 9 atom stereocenters. The number of aliphatic imine (C=N–C) groups is 1. The summed E-state index contributed by atoms with van der Waals surface area (Å²) in [5.74, 6) is -0.0361.